The topological polar surface area (TPSA) is 134 Å². The van der Waals surface area contributed by atoms with E-state index in [1.165, 1.54) is 76.2 Å². The molecule has 0 amide bonds. The second-order valence-electron chi connectivity index (χ2n) is 27.9. The Balaban J connectivity index is 0.000000254. The van der Waals surface area contributed by atoms with Crippen molar-refractivity contribution in [3.05, 3.63) is 347 Å². The van der Waals surface area contributed by atoms with Gasteiger partial charge in [0, 0.05) is 53.0 Å². The summed E-state index contributed by atoms with van der Waals surface area (Å²) in [5.74, 6) is 7.74. The van der Waals surface area contributed by atoms with Gasteiger partial charge in [-0.05, 0) is 212 Å². The van der Waals surface area contributed by atoms with Crippen LogP contribution in [0.5, 0.6) is 46.0 Å². The molecule has 0 aliphatic carbocycles. The fourth-order valence-corrected chi connectivity index (χ4v) is 12.8. The number of hydrogen-bond acceptors (Lipinski definition) is 11. The molecule has 11 aromatic carbocycles. The summed E-state index contributed by atoms with van der Waals surface area (Å²) in [6.45, 7) is 18.9. The molecule has 11 nitrogen and oxygen atoms in total. The average molecular weight is 1540 g/mol. The minimum Gasteiger partial charge on any atom is -0.496 e. The number of para-hydroxylation sites is 4. The van der Waals surface area contributed by atoms with Gasteiger partial charge in [-0.15, -0.1) is 0 Å². The van der Waals surface area contributed by atoms with Crippen LogP contribution in [0.25, 0.3) is 6.08 Å². The van der Waals surface area contributed by atoms with Crippen LogP contribution >= 0.6 is 0 Å². The van der Waals surface area contributed by atoms with Gasteiger partial charge in [0.25, 0.3) is 0 Å². The Hall–Kier alpha value is -10.8. The van der Waals surface area contributed by atoms with Crippen molar-refractivity contribution in [2.75, 3.05) is 28.4 Å². The highest BCUT2D eigenvalue weighted by molar-refractivity contribution is 6.51. The molecule has 3 atom stereocenters. The van der Waals surface area contributed by atoms with E-state index in [0.29, 0.717) is 24.8 Å². The second-order valence-corrected chi connectivity index (χ2v) is 27.9. The molecule has 0 saturated heterocycles. The molecule has 595 valence electrons. The maximum absolute atomic E-state index is 11.1. The molecule has 11 rings (SSSR count). The van der Waals surface area contributed by atoms with E-state index in [1.807, 2.05) is 162 Å². The number of benzene rings is 11. The molecule has 0 spiro atoms. The zero-order valence-electron chi connectivity index (χ0n) is 68.7. The highest BCUT2D eigenvalue weighted by atomic mass is 35.5. The third-order valence-electron chi connectivity index (χ3n) is 18.1. The van der Waals surface area contributed by atoms with Crippen LogP contribution in [-0.4, -0.2) is 72.7 Å². The van der Waals surface area contributed by atoms with E-state index < -0.39 is 0 Å². The lowest BCUT2D eigenvalue weighted by Gasteiger charge is -2.21. The number of aryl methyl sites for hydroxylation is 2. The molecule has 0 aliphatic rings. The minimum atomic E-state index is -0.0123. The third-order valence-corrected chi connectivity index (χ3v) is 18.1. The van der Waals surface area contributed by atoms with Crippen LogP contribution < -0.4 is 49.1 Å². The maximum atomic E-state index is 11.1. The number of nitrogens with two attached hydrogens (primary N) is 1. The normalized spacial score (nSPS) is 11.3. The van der Waals surface area contributed by atoms with Crippen molar-refractivity contribution in [3.8, 4) is 46.0 Å². The Labute approximate surface area is 682 Å². The van der Waals surface area contributed by atoms with Crippen molar-refractivity contribution in [1.29, 1.82) is 0 Å². The molecular weight excluding hydrogens is 1420 g/mol. The summed E-state index contributed by atoms with van der Waals surface area (Å²) in [6, 6.07) is 96.8. The Kier molecular flexibility index (Phi) is 44.3. The first kappa shape index (κ1) is 92.8. The van der Waals surface area contributed by atoms with E-state index in [2.05, 4.69) is 193 Å². The van der Waals surface area contributed by atoms with E-state index in [4.69, 9.17) is 43.6 Å². The molecule has 113 heavy (non-hydrogen) atoms. The quantitative estimate of drug-likeness (QED) is 0.0179. The van der Waals surface area contributed by atoms with Crippen LogP contribution in [0.3, 0.4) is 0 Å². The highest BCUT2D eigenvalue weighted by Gasteiger charge is 2.22. The summed E-state index contributed by atoms with van der Waals surface area (Å²) in [4.78, 5) is 21.2. The first-order valence-corrected chi connectivity index (χ1v) is 39.3. The van der Waals surface area contributed by atoms with E-state index in [-0.39, 0.29) is 42.7 Å². The van der Waals surface area contributed by atoms with Crippen LogP contribution in [0.1, 0.15) is 174 Å². The standard InChI is InChI=1S/2C27H32O2.C19H22O3.C10H14BO.C10H10O2.C7H9N.ClH2/c2*1-21(2)29-24-19-17-23(18-20-24)25(26-15-9-10-16-27(26)28-3)14-8-7-13-22-11-5-4-6-12-22;1-14(2)22-16-10-8-15(9-11-16)17(12-13-20)18-6-4-5-7-19(18)21-3;1-8(2)12-10-6-4-9(11-3)5-7-10;1-12-10-7-3-2-5-9(10)6-4-8-11;8-6-7-4-2-1-3-5-7;/h2*4-6,9-12,15-21,25H,7-8,13-14H2,1-3H3;4-11,13-14,17H,12H2,1-3H3;4-8H,1-3H3;2-8H,1H3;1-5H,6,8H2;1H2/q;;;;;;+1/b;;;;6-4+;;. The number of allylic oxidation sites excluding steroid dienone is 1. The largest absolute Gasteiger partial charge is 0.496 e. The smallest absolute Gasteiger partial charge is 0.148 e. The number of carbonyl (C=O) groups is 2. The van der Waals surface area contributed by atoms with E-state index >= 15 is 0 Å². The van der Waals surface area contributed by atoms with Crippen LogP contribution in [0, 0.1) is 12.4 Å². The summed E-state index contributed by atoms with van der Waals surface area (Å²) in [5.41, 5.74) is 18.7. The van der Waals surface area contributed by atoms with Gasteiger partial charge < -0.3 is 48.4 Å². The maximum Gasteiger partial charge on any atom is 0.148 e. The Bertz CT molecular complexity index is 4200. The zero-order chi connectivity index (χ0) is 80.5. The fourth-order valence-electron chi connectivity index (χ4n) is 12.8. The molecule has 0 aliphatic heterocycles. The number of unbranched alkanes of at least 4 members (excludes halogenated alkanes) is 2. The third kappa shape index (κ3) is 34.4. The van der Waals surface area contributed by atoms with Crippen molar-refractivity contribution in [2.45, 2.75) is 169 Å². The molecule has 0 fully saturated rings. The Morgan fingerprint density at radius 3 is 0.956 bits per heavy atom. The molecule has 0 bridgehead atoms. The van der Waals surface area contributed by atoms with Gasteiger partial charge in [0.1, 0.15) is 65.8 Å². The summed E-state index contributed by atoms with van der Waals surface area (Å²) >= 11 is 0. The van der Waals surface area contributed by atoms with Gasteiger partial charge >= 0.3 is 0 Å². The number of methoxy groups -OCH3 is 4. The van der Waals surface area contributed by atoms with Crippen LogP contribution in [0.2, 0.25) is 6.82 Å². The summed E-state index contributed by atoms with van der Waals surface area (Å²) < 4.78 is 44.7. The molecule has 2 N–H and O–H groups in total. The molecule has 13 heteroatoms. The lowest BCUT2D eigenvalue weighted by Crippen LogP contribution is -2.10. The Morgan fingerprint density at radius 1 is 0.345 bits per heavy atom. The van der Waals surface area contributed by atoms with Gasteiger partial charge in [0.2, 0.25) is 0 Å². The number of carbonyl (C=O) groups excluding carboxylic acids is 2. The van der Waals surface area contributed by atoms with Crippen molar-refractivity contribution in [2.24, 2.45) is 5.73 Å². The number of halogens is 1. The zero-order valence-corrected chi connectivity index (χ0v) is 69.6. The van der Waals surface area contributed by atoms with Gasteiger partial charge in [-0.25, -0.2) is 0 Å². The summed E-state index contributed by atoms with van der Waals surface area (Å²) in [6.07, 6.45) is 15.2. The van der Waals surface area contributed by atoms with Gasteiger partial charge in [-0.1, -0.05) is 237 Å². The minimum absolute atomic E-state index is 0. The van der Waals surface area contributed by atoms with Gasteiger partial charge in [-0.2, -0.15) is 0 Å². The van der Waals surface area contributed by atoms with E-state index in [0.717, 1.165) is 101 Å². The second kappa shape index (κ2) is 54.0. The van der Waals surface area contributed by atoms with Crippen LogP contribution in [0.4, 0.5) is 0 Å². The summed E-state index contributed by atoms with van der Waals surface area (Å²) in [5, 5.41) is 0. The van der Waals surface area contributed by atoms with Crippen LogP contribution in [-0.2, 0) is 29.0 Å². The molecule has 0 aromatic heterocycles. The van der Waals surface area contributed by atoms with Gasteiger partial charge in [0.15, 0.2) is 0 Å². The molecule has 1 radical (unpaired) electrons. The van der Waals surface area contributed by atoms with Gasteiger partial charge in [-0.3, -0.25) is 4.79 Å². The Morgan fingerprint density at radius 2 is 0.646 bits per heavy atom. The van der Waals surface area contributed by atoms with Crippen LogP contribution in [0.15, 0.2) is 291 Å². The number of ether oxygens (including phenoxy) is 8. The van der Waals surface area contributed by atoms with E-state index in [9.17, 15) is 9.59 Å². The molecular formula is C100H121BClNO10+. The number of aldehydes is 2. The predicted molar refractivity (Wildman–Crippen MR) is 468 cm³/mol. The van der Waals surface area contributed by atoms with E-state index in [1.54, 1.807) is 34.5 Å². The highest BCUT2D eigenvalue weighted by Crippen LogP contribution is 2.39. The SMILES string of the molecule is COc1ccccc1/C=C/C=O.COc1ccccc1C(CC=O)c1ccc(OC(C)C)cc1.COc1ccccc1C(CCCCc1ccccc1)c1ccc(OC(C)C)cc1.COc1ccccc1C(CCCCc1ccccc1)c1ccc(OC(C)C)cc1.C[B]c1ccc(OC(C)C)cc1.NCc1ccccc1.[ClH2+]. The van der Waals surface area contributed by atoms with Crippen molar-refractivity contribution in [1.82, 2.24) is 0 Å². The fraction of sp³-hybridized carbons (Fsp3) is 0.300. The summed E-state index contributed by atoms with van der Waals surface area (Å²) in [7, 11) is 8.83. The number of rotatable bonds is 34. The molecule has 0 heterocycles. The molecule has 11 aromatic rings. The lowest BCUT2D eigenvalue weighted by atomic mass is 9.73. The molecule has 0 saturated carbocycles. The van der Waals surface area contributed by atoms with Crippen molar-refractivity contribution in [3.63, 3.8) is 0 Å². The average Bonchev–Trinajstić information content (AvgIpc) is 0.832. The first-order chi connectivity index (χ1) is 54.5. The first-order valence-electron chi connectivity index (χ1n) is 39.3. The monoisotopic (exact) mass is 1540 g/mol. The van der Waals surface area contributed by atoms with Gasteiger partial charge in [0.05, 0.1) is 65.3 Å². The lowest BCUT2D eigenvalue weighted by molar-refractivity contribution is -0.108. The predicted octanol–water partition coefficient (Wildman–Crippen LogP) is 22.6. The molecule has 3 unspecified atom stereocenters. The van der Waals surface area contributed by atoms with Crippen molar-refractivity contribution < 1.29 is 59.9 Å². The van der Waals surface area contributed by atoms with Crippen molar-refractivity contribution >= 4 is 31.4 Å². The number of hydrogen-bond donors (Lipinski definition) is 1.